The minimum Gasteiger partial charge on any atom is -0.305 e. The Labute approximate surface area is 117 Å². The first-order valence-corrected chi connectivity index (χ1v) is 6.42. The second-order valence-corrected chi connectivity index (χ2v) is 4.53. The minimum atomic E-state index is -0.354. The van der Waals surface area contributed by atoms with Crippen molar-refractivity contribution in [2.24, 2.45) is 0 Å². The van der Waals surface area contributed by atoms with Crippen LogP contribution < -0.4 is 5.69 Å². The molecule has 0 unspecified atom stereocenters. The molecule has 0 saturated carbocycles. The Hall–Kier alpha value is -3.10. The Morgan fingerprint density at radius 1 is 1.29 bits per heavy atom. The molecule has 9 heteroatoms. The van der Waals surface area contributed by atoms with Crippen LogP contribution in [0.5, 0.6) is 0 Å². The number of hydrogen-bond acceptors (Lipinski definition) is 6. The van der Waals surface area contributed by atoms with Gasteiger partial charge in [0, 0.05) is 5.39 Å². The van der Waals surface area contributed by atoms with Crippen LogP contribution in [0.2, 0.25) is 0 Å². The molecule has 0 radical (unpaired) electrons. The molecule has 0 atom stereocenters. The number of hydrogen-bond donors (Lipinski definition) is 2. The number of H-pyrrole nitrogens is 2. The summed E-state index contributed by atoms with van der Waals surface area (Å²) in [7, 11) is 0. The number of fused-ring (bicyclic) bond motifs is 3. The van der Waals surface area contributed by atoms with Crippen LogP contribution in [0, 0.1) is 0 Å². The molecular formula is C12H10N8O. The van der Waals surface area contributed by atoms with Gasteiger partial charge in [-0.15, -0.1) is 15.3 Å². The van der Waals surface area contributed by atoms with Crippen molar-refractivity contribution in [1.29, 1.82) is 0 Å². The highest BCUT2D eigenvalue weighted by Crippen LogP contribution is 2.21. The summed E-state index contributed by atoms with van der Waals surface area (Å²) < 4.78 is 1.23. The molecule has 0 saturated heterocycles. The molecule has 3 aromatic heterocycles. The van der Waals surface area contributed by atoms with Gasteiger partial charge in [-0.1, -0.05) is 19.1 Å². The Bertz CT molecular complexity index is 997. The van der Waals surface area contributed by atoms with Crippen LogP contribution >= 0.6 is 0 Å². The fourth-order valence-corrected chi connectivity index (χ4v) is 2.40. The molecule has 0 amide bonds. The lowest BCUT2D eigenvalue weighted by Crippen LogP contribution is -2.17. The standard InChI is InChI=1S/C12H10N8O/c1-2-6-4-3-5-7-8(6)11-14-9(10-15-18-19-16-10)17-20(11)12(21)13-7/h3-5H,2H2,1H3,(H,13,21)(H,15,16,18,19). The zero-order chi connectivity index (χ0) is 14.4. The van der Waals surface area contributed by atoms with Gasteiger partial charge in [0.2, 0.25) is 11.6 Å². The summed E-state index contributed by atoms with van der Waals surface area (Å²) >= 11 is 0. The predicted octanol–water partition coefficient (Wildman–Crippen LogP) is 0.313. The van der Waals surface area contributed by atoms with Crippen LogP contribution in [-0.4, -0.2) is 40.2 Å². The van der Waals surface area contributed by atoms with Gasteiger partial charge in [-0.25, -0.2) is 9.78 Å². The highest BCUT2D eigenvalue weighted by Gasteiger charge is 2.16. The molecule has 3 heterocycles. The summed E-state index contributed by atoms with van der Waals surface area (Å²) in [6.45, 7) is 2.05. The van der Waals surface area contributed by atoms with Gasteiger partial charge in [-0.3, -0.25) is 0 Å². The van der Waals surface area contributed by atoms with Gasteiger partial charge in [0.15, 0.2) is 5.65 Å². The van der Waals surface area contributed by atoms with E-state index < -0.39 is 0 Å². The van der Waals surface area contributed by atoms with Crippen LogP contribution in [0.25, 0.3) is 28.2 Å². The quantitative estimate of drug-likeness (QED) is 0.546. The van der Waals surface area contributed by atoms with Crippen molar-refractivity contribution in [3.05, 3.63) is 34.2 Å². The first kappa shape index (κ1) is 11.7. The van der Waals surface area contributed by atoms with Gasteiger partial charge in [-0.2, -0.15) is 9.73 Å². The number of aryl methyl sites for hydroxylation is 1. The summed E-state index contributed by atoms with van der Waals surface area (Å²) in [6, 6.07) is 5.76. The van der Waals surface area contributed by atoms with E-state index in [-0.39, 0.29) is 17.3 Å². The predicted molar refractivity (Wildman–Crippen MR) is 73.7 cm³/mol. The third kappa shape index (κ3) is 1.64. The van der Waals surface area contributed by atoms with E-state index in [0.29, 0.717) is 5.65 Å². The maximum absolute atomic E-state index is 12.1. The average Bonchev–Trinajstić information content (AvgIpc) is 3.15. The van der Waals surface area contributed by atoms with Crippen molar-refractivity contribution in [3.8, 4) is 11.6 Å². The fourth-order valence-electron chi connectivity index (χ4n) is 2.40. The Balaban J connectivity index is 2.16. The summed E-state index contributed by atoms with van der Waals surface area (Å²) in [5.74, 6) is 0.507. The maximum atomic E-state index is 12.1. The lowest BCUT2D eigenvalue weighted by atomic mass is 10.1. The molecule has 0 bridgehead atoms. The minimum absolute atomic E-state index is 0.250. The van der Waals surface area contributed by atoms with E-state index in [0.717, 1.165) is 22.9 Å². The number of tetrazole rings is 1. The third-order valence-electron chi connectivity index (χ3n) is 3.34. The Kier molecular flexibility index (Phi) is 2.34. The topological polar surface area (TPSA) is 118 Å². The molecule has 21 heavy (non-hydrogen) atoms. The molecule has 0 aliphatic carbocycles. The molecular weight excluding hydrogens is 272 g/mol. The average molecular weight is 282 g/mol. The van der Waals surface area contributed by atoms with Crippen LogP contribution in [0.1, 0.15) is 12.5 Å². The number of aromatic amines is 2. The molecule has 4 aromatic rings. The van der Waals surface area contributed by atoms with Crippen molar-refractivity contribution < 1.29 is 0 Å². The summed E-state index contributed by atoms with van der Waals surface area (Å²) in [4.78, 5) is 19.3. The van der Waals surface area contributed by atoms with Crippen LogP contribution in [-0.2, 0) is 6.42 Å². The number of nitrogens with one attached hydrogen (secondary N) is 2. The number of rotatable bonds is 2. The van der Waals surface area contributed by atoms with Crippen LogP contribution in [0.3, 0.4) is 0 Å². The molecule has 4 rings (SSSR count). The van der Waals surface area contributed by atoms with Gasteiger partial charge in [-0.05, 0) is 23.3 Å². The van der Waals surface area contributed by atoms with Crippen molar-refractivity contribution in [3.63, 3.8) is 0 Å². The van der Waals surface area contributed by atoms with Gasteiger partial charge < -0.3 is 4.98 Å². The van der Waals surface area contributed by atoms with E-state index >= 15 is 0 Å². The monoisotopic (exact) mass is 282 g/mol. The van der Waals surface area contributed by atoms with Crippen molar-refractivity contribution >= 4 is 16.6 Å². The van der Waals surface area contributed by atoms with Gasteiger partial charge in [0.1, 0.15) is 0 Å². The number of aromatic nitrogens is 8. The molecule has 104 valence electrons. The molecule has 9 nitrogen and oxygen atoms in total. The summed E-state index contributed by atoms with van der Waals surface area (Å²) in [5, 5.41) is 18.5. The lowest BCUT2D eigenvalue weighted by molar-refractivity contribution is 0.879. The van der Waals surface area contributed by atoms with Crippen molar-refractivity contribution in [1.82, 2.24) is 40.2 Å². The SMILES string of the molecule is CCc1cccc2[nH]c(=O)n3nc(-c4nn[nH]n4)nc3c12. The molecule has 1 aromatic carbocycles. The van der Waals surface area contributed by atoms with Gasteiger partial charge >= 0.3 is 5.69 Å². The normalized spacial score (nSPS) is 11.5. The largest absolute Gasteiger partial charge is 0.348 e. The van der Waals surface area contributed by atoms with Crippen molar-refractivity contribution in [2.75, 3.05) is 0 Å². The Morgan fingerprint density at radius 3 is 2.95 bits per heavy atom. The van der Waals surface area contributed by atoms with E-state index in [4.69, 9.17) is 0 Å². The smallest absolute Gasteiger partial charge is 0.305 e. The first-order chi connectivity index (χ1) is 10.3. The van der Waals surface area contributed by atoms with Crippen molar-refractivity contribution in [2.45, 2.75) is 13.3 Å². The van der Waals surface area contributed by atoms with E-state index in [1.807, 2.05) is 25.1 Å². The molecule has 2 N–H and O–H groups in total. The van der Waals surface area contributed by atoms with Gasteiger partial charge in [0.25, 0.3) is 0 Å². The van der Waals surface area contributed by atoms with E-state index in [9.17, 15) is 4.79 Å². The van der Waals surface area contributed by atoms with E-state index in [2.05, 4.69) is 35.7 Å². The highest BCUT2D eigenvalue weighted by atomic mass is 16.1. The molecule has 0 spiro atoms. The second-order valence-electron chi connectivity index (χ2n) is 4.53. The highest BCUT2D eigenvalue weighted by molar-refractivity contribution is 5.94. The lowest BCUT2D eigenvalue weighted by Gasteiger charge is -2.04. The number of nitrogens with zero attached hydrogens (tertiary/aromatic N) is 6. The Morgan fingerprint density at radius 2 is 2.19 bits per heavy atom. The number of benzene rings is 1. The zero-order valence-corrected chi connectivity index (χ0v) is 11.0. The van der Waals surface area contributed by atoms with E-state index in [1.54, 1.807) is 0 Å². The summed E-state index contributed by atoms with van der Waals surface area (Å²) in [5.41, 5.74) is 1.96. The maximum Gasteiger partial charge on any atom is 0.348 e. The van der Waals surface area contributed by atoms with Gasteiger partial charge in [0.05, 0.1) is 5.52 Å². The fraction of sp³-hybridized carbons (Fsp3) is 0.167. The van der Waals surface area contributed by atoms with Crippen LogP contribution in [0.15, 0.2) is 23.0 Å². The van der Waals surface area contributed by atoms with E-state index in [1.165, 1.54) is 4.52 Å². The molecule has 0 aliphatic rings. The molecule has 0 fully saturated rings. The van der Waals surface area contributed by atoms with Crippen LogP contribution in [0.4, 0.5) is 0 Å². The third-order valence-corrected chi connectivity index (χ3v) is 3.34. The molecule has 0 aliphatic heterocycles. The second kappa shape index (κ2) is 4.20. The first-order valence-electron chi connectivity index (χ1n) is 6.42. The zero-order valence-electron chi connectivity index (χ0n) is 11.0. The summed E-state index contributed by atoms with van der Waals surface area (Å²) in [6.07, 6.45) is 0.823.